The Balaban J connectivity index is 0. The lowest BCUT2D eigenvalue weighted by Gasteiger charge is -2.00. The number of thiocarbonyl (C=S) groups is 2. The molecule has 0 unspecified atom stereocenters. The second-order valence-corrected chi connectivity index (χ2v) is 4.57. The summed E-state index contributed by atoms with van der Waals surface area (Å²) in [4.78, 5) is 21.8. The van der Waals surface area contributed by atoms with Crippen molar-refractivity contribution in [3.8, 4) is 0 Å². The zero-order valence-corrected chi connectivity index (χ0v) is 13.0. The molecule has 9 heteroatoms. The van der Waals surface area contributed by atoms with Gasteiger partial charge in [-0.3, -0.25) is 9.59 Å². The quantitative estimate of drug-likeness (QED) is 0.486. The molecule has 8 N–H and O–H groups in total. The normalized spacial score (nSPS) is 8.05. The lowest BCUT2D eigenvalue weighted by Crippen LogP contribution is -2.29. The number of benzene rings is 1. The van der Waals surface area contributed by atoms with E-state index in [0.717, 1.165) is 0 Å². The first-order valence-electron chi connectivity index (χ1n) is 5.52. The van der Waals surface area contributed by atoms with E-state index >= 15 is 0 Å². The molecule has 1 rings (SSSR count). The van der Waals surface area contributed by atoms with Crippen LogP contribution in [0, 0.1) is 0 Å². The van der Waals surface area contributed by atoms with Crippen molar-refractivity contribution in [2.45, 2.75) is 6.92 Å². The van der Waals surface area contributed by atoms with Crippen molar-refractivity contribution >= 4 is 46.4 Å². The fraction of sp³-hybridized carbons (Fsp3) is 0.167. The van der Waals surface area contributed by atoms with Crippen LogP contribution in [-0.4, -0.2) is 33.6 Å². The Morgan fingerprint density at radius 1 is 1.14 bits per heavy atom. The van der Waals surface area contributed by atoms with Crippen molar-refractivity contribution in [1.82, 2.24) is 5.32 Å². The lowest BCUT2D eigenvalue weighted by atomic mass is 10.2. The zero-order valence-electron chi connectivity index (χ0n) is 11.4. The van der Waals surface area contributed by atoms with Crippen LogP contribution < -0.4 is 22.5 Å². The third-order valence-electron chi connectivity index (χ3n) is 1.44. The first kappa shape index (κ1) is 21.0. The fourth-order valence-corrected chi connectivity index (χ4v) is 0.847. The van der Waals surface area contributed by atoms with E-state index in [1.807, 2.05) is 0 Å². The van der Waals surface area contributed by atoms with Gasteiger partial charge in [-0.15, -0.1) is 0 Å². The van der Waals surface area contributed by atoms with Crippen LogP contribution in [0.3, 0.4) is 0 Å². The van der Waals surface area contributed by atoms with Crippen LogP contribution in [0.2, 0.25) is 0 Å². The Hall–Kier alpha value is -2.26. The minimum atomic E-state index is -1.05. The number of carboxylic acids is 1. The molecule has 0 heterocycles. The molecule has 0 bridgehead atoms. The summed E-state index contributed by atoms with van der Waals surface area (Å²) in [5, 5.41) is 10.6. The minimum absolute atomic E-state index is 0.000000000000000222. The van der Waals surface area contributed by atoms with Gasteiger partial charge in [-0.1, -0.05) is 30.4 Å². The molecule has 0 atom stereocenters. The van der Waals surface area contributed by atoms with Crippen LogP contribution in [0.1, 0.15) is 17.3 Å². The van der Waals surface area contributed by atoms with E-state index in [2.05, 4.69) is 41.2 Å². The number of nitrogens with two attached hydrogens (primary N) is 3. The Kier molecular flexibility index (Phi) is 12.8. The number of hydrogen-bond acceptors (Lipinski definition) is 4. The van der Waals surface area contributed by atoms with Crippen molar-refractivity contribution in [3.05, 3.63) is 35.9 Å². The molecule has 0 aromatic heterocycles. The summed E-state index contributed by atoms with van der Waals surface area (Å²) < 4.78 is 0. The molecule has 0 radical (unpaired) electrons. The molecule has 1 amide bonds. The smallest absolute Gasteiger partial charge is 0.322 e. The highest BCUT2D eigenvalue weighted by Gasteiger charge is 2.04. The van der Waals surface area contributed by atoms with Crippen molar-refractivity contribution in [3.63, 3.8) is 0 Å². The van der Waals surface area contributed by atoms with Crippen LogP contribution in [0.15, 0.2) is 30.3 Å². The van der Waals surface area contributed by atoms with Crippen LogP contribution in [0.25, 0.3) is 0 Å². The number of rotatable bonds is 3. The molecule has 21 heavy (non-hydrogen) atoms. The van der Waals surface area contributed by atoms with Gasteiger partial charge in [0.25, 0.3) is 5.91 Å². The van der Waals surface area contributed by atoms with Crippen LogP contribution in [-0.2, 0) is 4.79 Å². The molecule has 1 aromatic rings. The van der Waals surface area contributed by atoms with Crippen molar-refractivity contribution in [2.75, 3.05) is 6.54 Å². The molecule has 0 saturated heterocycles. The zero-order chi connectivity index (χ0) is 16.8. The number of carboxylic acid groups (broad SMARTS) is 1. The summed E-state index contributed by atoms with van der Waals surface area (Å²) in [6.07, 6.45) is 0. The van der Waals surface area contributed by atoms with Crippen molar-refractivity contribution in [1.29, 1.82) is 0 Å². The van der Waals surface area contributed by atoms with Crippen LogP contribution in [0.5, 0.6) is 0 Å². The first-order chi connectivity index (χ1) is 9.66. The number of nitrogens with one attached hydrogen (secondary N) is 1. The number of aliphatic carboxylic acids is 1. The largest absolute Gasteiger partial charge is 0.480 e. The first-order valence-corrected chi connectivity index (χ1v) is 6.34. The average molecular weight is 330 g/mol. The van der Waals surface area contributed by atoms with Gasteiger partial charge in [0, 0.05) is 5.56 Å². The number of amides is 1. The topological polar surface area (TPSA) is 144 Å². The SMILES string of the molecule is CC(N)=S.NC(N)=S.O=C(O)CNC(=O)c1ccccc1. The molecule has 0 aliphatic rings. The summed E-state index contributed by atoms with van der Waals surface area (Å²) in [5.41, 5.74) is 14.5. The number of hydrogen-bond donors (Lipinski definition) is 5. The molecular formula is C12H18N4O3S2. The standard InChI is InChI=1S/C9H9NO3.C2H5NS.CH4N2S/c11-8(12)6-10-9(13)7-4-2-1-3-5-7;1-2(3)4;2-1(3)4/h1-5H,6H2,(H,10,13)(H,11,12);1H3,(H2,3,4);(H4,2,3,4). The van der Waals surface area contributed by atoms with Gasteiger partial charge in [-0.2, -0.15) is 0 Å². The van der Waals surface area contributed by atoms with Gasteiger partial charge >= 0.3 is 5.97 Å². The van der Waals surface area contributed by atoms with Crippen LogP contribution >= 0.6 is 24.4 Å². The third-order valence-corrected chi connectivity index (χ3v) is 1.44. The maximum Gasteiger partial charge on any atom is 0.322 e. The molecule has 0 aliphatic carbocycles. The third kappa shape index (κ3) is 20.2. The Bertz CT molecular complexity index is 461. The summed E-state index contributed by atoms with van der Waals surface area (Å²) in [7, 11) is 0. The Morgan fingerprint density at radius 3 is 1.86 bits per heavy atom. The summed E-state index contributed by atoms with van der Waals surface area (Å²) >= 11 is 8.41. The monoisotopic (exact) mass is 330 g/mol. The van der Waals surface area contributed by atoms with E-state index < -0.39 is 5.97 Å². The summed E-state index contributed by atoms with van der Waals surface area (Å²) in [5.74, 6) is -1.42. The van der Waals surface area contributed by atoms with E-state index in [0.29, 0.717) is 10.6 Å². The van der Waals surface area contributed by atoms with Gasteiger partial charge in [-0.05, 0) is 31.3 Å². The van der Waals surface area contributed by atoms with E-state index in [1.165, 1.54) is 0 Å². The maximum atomic E-state index is 11.2. The van der Waals surface area contributed by atoms with Crippen LogP contribution in [0.4, 0.5) is 0 Å². The number of carbonyl (C=O) groups is 2. The molecule has 0 fully saturated rings. The predicted molar refractivity (Wildman–Crippen MR) is 89.8 cm³/mol. The van der Waals surface area contributed by atoms with Gasteiger partial charge in [0.05, 0.1) is 4.99 Å². The van der Waals surface area contributed by atoms with E-state index in [4.69, 9.17) is 10.8 Å². The predicted octanol–water partition coefficient (Wildman–Crippen LogP) is -0.0179. The van der Waals surface area contributed by atoms with Crippen molar-refractivity contribution in [2.24, 2.45) is 17.2 Å². The maximum absolute atomic E-state index is 11.2. The minimum Gasteiger partial charge on any atom is -0.480 e. The van der Waals surface area contributed by atoms with Gasteiger partial charge in [-0.25, -0.2) is 0 Å². The highest BCUT2D eigenvalue weighted by Crippen LogP contribution is 1.96. The molecule has 0 spiro atoms. The molecule has 1 aromatic carbocycles. The molecule has 0 aliphatic heterocycles. The highest BCUT2D eigenvalue weighted by molar-refractivity contribution is 7.80. The Labute approximate surface area is 133 Å². The lowest BCUT2D eigenvalue weighted by molar-refractivity contribution is -0.135. The van der Waals surface area contributed by atoms with Gasteiger partial charge < -0.3 is 27.6 Å². The van der Waals surface area contributed by atoms with E-state index in [1.54, 1.807) is 37.3 Å². The molecular weight excluding hydrogens is 312 g/mol. The van der Waals surface area contributed by atoms with E-state index in [9.17, 15) is 9.59 Å². The Morgan fingerprint density at radius 2 is 1.52 bits per heavy atom. The van der Waals surface area contributed by atoms with Gasteiger partial charge in [0.2, 0.25) is 0 Å². The van der Waals surface area contributed by atoms with Crippen molar-refractivity contribution < 1.29 is 14.7 Å². The summed E-state index contributed by atoms with van der Waals surface area (Å²) in [6, 6.07) is 8.47. The second-order valence-electron chi connectivity index (χ2n) is 3.46. The molecule has 116 valence electrons. The summed E-state index contributed by atoms with van der Waals surface area (Å²) in [6.45, 7) is 1.32. The molecule has 0 saturated carbocycles. The van der Waals surface area contributed by atoms with Gasteiger partial charge in [0.1, 0.15) is 6.54 Å². The second kappa shape index (κ2) is 12.8. The number of carbonyl (C=O) groups excluding carboxylic acids is 1. The average Bonchev–Trinajstić information content (AvgIpc) is 2.35. The highest BCUT2D eigenvalue weighted by atomic mass is 32.1. The molecule has 7 nitrogen and oxygen atoms in total. The van der Waals surface area contributed by atoms with Gasteiger partial charge in [0.15, 0.2) is 5.11 Å². The van der Waals surface area contributed by atoms with E-state index in [-0.39, 0.29) is 17.6 Å². The fourth-order valence-electron chi connectivity index (χ4n) is 0.847.